The van der Waals surface area contributed by atoms with E-state index in [0.29, 0.717) is 5.75 Å². The van der Waals surface area contributed by atoms with Crippen LogP contribution in [0.5, 0.6) is 0 Å². The maximum absolute atomic E-state index is 11.1. The molecule has 1 unspecified atom stereocenters. The maximum atomic E-state index is 11.1. The summed E-state index contributed by atoms with van der Waals surface area (Å²) in [6.07, 6.45) is 0. The Morgan fingerprint density at radius 3 is 2.71 bits per heavy atom. The molecule has 0 bridgehead atoms. The van der Waals surface area contributed by atoms with Crippen LogP contribution in [0.4, 0.5) is 0 Å². The number of hydrogen-bond donors (Lipinski definition) is 0. The van der Waals surface area contributed by atoms with E-state index in [0.717, 1.165) is 4.90 Å². The summed E-state index contributed by atoms with van der Waals surface area (Å²) in [7, 11) is 1.39. The van der Waals surface area contributed by atoms with Crippen LogP contribution in [0.1, 0.15) is 0 Å². The predicted molar refractivity (Wildman–Crippen MR) is 61.9 cm³/mol. The average Bonchev–Trinajstić information content (AvgIpc) is 2.26. The first-order chi connectivity index (χ1) is 6.74. The minimum absolute atomic E-state index is 0.228. The lowest BCUT2D eigenvalue weighted by Gasteiger charge is -2.06. The first kappa shape index (κ1) is 11.6. The van der Waals surface area contributed by atoms with Gasteiger partial charge >= 0.3 is 5.97 Å². The highest BCUT2D eigenvalue weighted by atomic mass is 79.9. The fourth-order valence-corrected chi connectivity index (χ4v) is 2.29. The molecule has 2 nitrogen and oxygen atoms in total. The molecule has 0 amide bonds. The smallest absolute Gasteiger partial charge is 0.320 e. The lowest BCUT2D eigenvalue weighted by molar-refractivity contribution is -0.139. The van der Waals surface area contributed by atoms with Gasteiger partial charge in [-0.2, -0.15) is 0 Å². The van der Waals surface area contributed by atoms with Gasteiger partial charge in [0.25, 0.3) is 0 Å². The topological polar surface area (TPSA) is 26.3 Å². The molecule has 1 rings (SSSR count). The van der Waals surface area contributed by atoms with Crippen molar-refractivity contribution in [3.8, 4) is 0 Å². The van der Waals surface area contributed by atoms with Crippen LogP contribution in [0.25, 0.3) is 0 Å². The number of esters is 1. The molecule has 0 aliphatic carbocycles. The summed E-state index contributed by atoms with van der Waals surface area (Å²) in [5.74, 6) is 0.449. The number of halogens is 1. The van der Waals surface area contributed by atoms with Crippen molar-refractivity contribution in [2.24, 2.45) is 0 Å². The van der Waals surface area contributed by atoms with E-state index in [9.17, 15) is 4.79 Å². The zero-order valence-corrected chi connectivity index (χ0v) is 10.2. The average molecular weight is 275 g/mol. The fourth-order valence-electron chi connectivity index (χ4n) is 0.882. The van der Waals surface area contributed by atoms with Crippen LogP contribution in [0, 0.1) is 0 Å². The molecule has 0 fully saturated rings. The van der Waals surface area contributed by atoms with Gasteiger partial charge in [-0.05, 0) is 12.1 Å². The fraction of sp³-hybridized carbons (Fsp3) is 0.300. The Balaban J connectivity index is 2.38. The maximum Gasteiger partial charge on any atom is 0.320 e. The molecular formula is C10H11BrO2S. The predicted octanol–water partition coefficient (Wildman–Crippen LogP) is 2.72. The van der Waals surface area contributed by atoms with Gasteiger partial charge in [-0.25, -0.2) is 0 Å². The van der Waals surface area contributed by atoms with E-state index < -0.39 is 0 Å². The SMILES string of the molecule is COC(=O)C(Br)CSc1ccccc1. The minimum Gasteiger partial charge on any atom is -0.468 e. The molecule has 4 heteroatoms. The van der Waals surface area contributed by atoms with Gasteiger partial charge in [0, 0.05) is 10.6 Å². The van der Waals surface area contributed by atoms with Crippen LogP contribution in [0.2, 0.25) is 0 Å². The molecule has 1 atom stereocenters. The first-order valence-electron chi connectivity index (χ1n) is 4.14. The van der Waals surface area contributed by atoms with Crippen molar-refractivity contribution in [1.82, 2.24) is 0 Å². The van der Waals surface area contributed by atoms with Crippen molar-refractivity contribution in [1.29, 1.82) is 0 Å². The normalized spacial score (nSPS) is 12.1. The third-order valence-corrected chi connectivity index (χ3v) is 3.83. The van der Waals surface area contributed by atoms with Crippen LogP contribution in [0.15, 0.2) is 35.2 Å². The summed E-state index contributed by atoms with van der Waals surface area (Å²) in [5, 5.41) is 0. The van der Waals surface area contributed by atoms with Crippen molar-refractivity contribution in [2.45, 2.75) is 9.72 Å². The number of alkyl halides is 1. The van der Waals surface area contributed by atoms with E-state index in [-0.39, 0.29) is 10.8 Å². The largest absolute Gasteiger partial charge is 0.468 e. The molecule has 0 heterocycles. The Morgan fingerprint density at radius 1 is 1.50 bits per heavy atom. The van der Waals surface area contributed by atoms with Crippen molar-refractivity contribution in [3.63, 3.8) is 0 Å². The highest BCUT2D eigenvalue weighted by Gasteiger charge is 2.14. The summed E-state index contributed by atoms with van der Waals surface area (Å²) in [5.41, 5.74) is 0. The second kappa shape index (κ2) is 6.09. The summed E-state index contributed by atoms with van der Waals surface area (Å²) in [6, 6.07) is 9.95. The zero-order chi connectivity index (χ0) is 10.4. The van der Waals surface area contributed by atoms with E-state index in [2.05, 4.69) is 20.7 Å². The number of rotatable bonds is 4. The van der Waals surface area contributed by atoms with Crippen molar-refractivity contribution in [3.05, 3.63) is 30.3 Å². The highest BCUT2D eigenvalue weighted by Crippen LogP contribution is 2.20. The van der Waals surface area contributed by atoms with Crippen LogP contribution < -0.4 is 0 Å². The molecule has 0 spiro atoms. The second-order valence-electron chi connectivity index (χ2n) is 2.61. The van der Waals surface area contributed by atoms with E-state index in [4.69, 9.17) is 0 Å². The van der Waals surface area contributed by atoms with Gasteiger partial charge in [0.2, 0.25) is 0 Å². The molecule has 0 aliphatic rings. The van der Waals surface area contributed by atoms with Crippen LogP contribution >= 0.6 is 27.7 Å². The van der Waals surface area contributed by atoms with Gasteiger partial charge in [-0.3, -0.25) is 4.79 Å². The van der Waals surface area contributed by atoms with Gasteiger partial charge in [-0.1, -0.05) is 34.1 Å². The summed E-state index contributed by atoms with van der Waals surface area (Å²) in [6.45, 7) is 0. The number of carbonyl (C=O) groups excluding carboxylic acids is 1. The molecule has 14 heavy (non-hydrogen) atoms. The molecule has 0 radical (unpaired) electrons. The first-order valence-corrected chi connectivity index (χ1v) is 6.04. The quantitative estimate of drug-likeness (QED) is 0.480. The van der Waals surface area contributed by atoms with Crippen molar-refractivity contribution < 1.29 is 9.53 Å². The Labute approximate surface area is 96.2 Å². The molecule has 1 aromatic carbocycles. The summed E-state index contributed by atoms with van der Waals surface area (Å²) in [4.78, 5) is 12.0. The molecule has 0 aliphatic heterocycles. The standard InChI is InChI=1S/C10H11BrO2S/c1-13-10(12)9(11)7-14-8-5-3-2-4-6-8/h2-6,9H,7H2,1H3. The second-order valence-corrected chi connectivity index (χ2v) is 4.81. The van der Waals surface area contributed by atoms with E-state index in [1.165, 1.54) is 7.11 Å². The number of ether oxygens (including phenoxy) is 1. The van der Waals surface area contributed by atoms with Gasteiger partial charge in [0.15, 0.2) is 0 Å². The van der Waals surface area contributed by atoms with Gasteiger partial charge < -0.3 is 4.74 Å². The number of carbonyl (C=O) groups is 1. The molecule has 0 saturated carbocycles. The monoisotopic (exact) mass is 274 g/mol. The van der Waals surface area contributed by atoms with Gasteiger partial charge in [0.1, 0.15) is 4.83 Å². The molecule has 1 aromatic rings. The number of benzene rings is 1. The molecule has 0 aromatic heterocycles. The Kier molecular flexibility index (Phi) is 5.04. The summed E-state index contributed by atoms with van der Waals surface area (Å²) < 4.78 is 4.60. The molecule has 0 N–H and O–H groups in total. The van der Waals surface area contributed by atoms with Crippen molar-refractivity contribution in [2.75, 3.05) is 12.9 Å². The van der Waals surface area contributed by atoms with Gasteiger partial charge in [0.05, 0.1) is 7.11 Å². The van der Waals surface area contributed by atoms with E-state index in [1.807, 2.05) is 30.3 Å². The molecular weight excluding hydrogens is 264 g/mol. The lowest BCUT2D eigenvalue weighted by Crippen LogP contribution is -2.17. The van der Waals surface area contributed by atoms with Gasteiger partial charge in [-0.15, -0.1) is 11.8 Å². The van der Waals surface area contributed by atoms with Crippen LogP contribution in [-0.2, 0) is 9.53 Å². The molecule has 76 valence electrons. The number of thioether (sulfide) groups is 1. The summed E-state index contributed by atoms with van der Waals surface area (Å²) >= 11 is 4.89. The number of methoxy groups -OCH3 is 1. The number of hydrogen-bond acceptors (Lipinski definition) is 3. The molecule has 0 saturated heterocycles. The Hall–Kier alpha value is -0.480. The van der Waals surface area contributed by atoms with E-state index >= 15 is 0 Å². The minimum atomic E-state index is -0.238. The Bertz CT molecular complexity index is 289. The van der Waals surface area contributed by atoms with Crippen LogP contribution in [-0.4, -0.2) is 23.7 Å². The Morgan fingerprint density at radius 2 is 2.14 bits per heavy atom. The van der Waals surface area contributed by atoms with Crippen LogP contribution in [0.3, 0.4) is 0 Å². The third-order valence-electron chi connectivity index (χ3n) is 1.60. The van der Waals surface area contributed by atoms with Crippen molar-refractivity contribution >= 4 is 33.7 Å². The zero-order valence-electron chi connectivity index (χ0n) is 7.77. The third kappa shape index (κ3) is 3.72. The van der Waals surface area contributed by atoms with E-state index in [1.54, 1.807) is 11.8 Å². The highest BCUT2D eigenvalue weighted by molar-refractivity contribution is 9.10. The lowest BCUT2D eigenvalue weighted by atomic mass is 10.4.